The molecule has 0 aromatic heterocycles. The first kappa shape index (κ1) is 13.8. The van der Waals surface area contributed by atoms with Crippen molar-refractivity contribution in [2.75, 3.05) is 11.4 Å². The van der Waals surface area contributed by atoms with Gasteiger partial charge in [-0.05, 0) is 18.6 Å². The molecule has 0 saturated carbocycles. The molecule has 1 amide bonds. The molecule has 0 aliphatic carbocycles. The zero-order valence-electron chi connectivity index (χ0n) is 11.2. The highest BCUT2D eigenvalue weighted by Gasteiger charge is 2.39. The Morgan fingerprint density at radius 2 is 2.30 bits per heavy atom. The van der Waals surface area contributed by atoms with Crippen molar-refractivity contribution in [1.29, 1.82) is 5.26 Å². The number of carbonyl (C=O) groups is 1. The molecule has 0 saturated heterocycles. The van der Waals surface area contributed by atoms with E-state index in [1.54, 1.807) is 11.0 Å². The molecular formula is C13H14N4O3. The Morgan fingerprint density at radius 1 is 1.60 bits per heavy atom. The number of fused-ring (bicyclic) bond motifs is 1. The van der Waals surface area contributed by atoms with Gasteiger partial charge in [-0.25, -0.2) is 0 Å². The first-order chi connectivity index (χ1) is 9.49. The lowest BCUT2D eigenvalue weighted by Gasteiger charge is -2.27. The number of nitriles is 1. The van der Waals surface area contributed by atoms with E-state index >= 15 is 0 Å². The van der Waals surface area contributed by atoms with Gasteiger partial charge in [0.15, 0.2) is 0 Å². The summed E-state index contributed by atoms with van der Waals surface area (Å²) in [4.78, 5) is 23.5. The Hall–Kier alpha value is -2.62. The molecule has 2 rings (SSSR count). The number of benzene rings is 1. The number of amides is 1. The van der Waals surface area contributed by atoms with Crippen molar-refractivity contribution in [2.45, 2.75) is 25.9 Å². The Kier molecular flexibility index (Phi) is 3.57. The molecule has 2 atom stereocenters. The van der Waals surface area contributed by atoms with Crippen LogP contribution in [0.4, 0.5) is 11.4 Å². The first-order valence-corrected chi connectivity index (χ1v) is 6.21. The third-order valence-corrected chi connectivity index (χ3v) is 3.35. The number of carbonyl (C=O) groups excluding carboxylic acids is 1. The molecule has 1 aliphatic heterocycles. The van der Waals surface area contributed by atoms with Gasteiger partial charge < -0.3 is 10.2 Å². The number of nitrogens with one attached hydrogen (secondary N) is 1. The van der Waals surface area contributed by atoms with Crippen LogP contribution < -0.4 is 10.2 Å². The van der Waals surface area contributed by atoms with Gasteiger partial charge >= 0.3 is 0 Å². The number of hydrogen-bond donors (Lipinski definition) is 1. The van der Waals surface area contributed by atoms with Crippen LogP contribution in [0.1, 0.15) is 25.3 Å². The second-order valence-electron chi connectivity index (χ2n) is 4.54. The predicted molar refractivity (Wildman–Crippen MR) is 72.1 cm³/mol. The van der Waals surface area contributed by atoms with E-state index in [0.717, 1.165) is 0 Å². The van der Waals surface area contributed by atoms with Crippen molar-refractivity contribution in [2.24, 2.45) is 0 Å². The van der Waals surface area contributed by atoms with Crippen molar-refractivity contribution in [1.82, 2.24) is 5.32 Å². The number of likely N-dealkylation sites (N-methyl/N-ethyl adjacent to an activating group) is 1. The van der Waals surface area contributed by atoms with E-state index in [1.807, 2.05) is 6.92 Å². The summed E-state index contributed by atoms with van der Waals surface area (Å²) in [5, 5.41) is 22.9. The number of rotatable bonds is 3. The van der Waals surface area contributed by atoms with Crippen molar-refractivity contribution in [3.63, 3.8) is 0 Å². The maximum Gasteiger partial charge on any atom is 0.271 e. The molecule has 0 bridgehead atoms. The lowest BCUT2D eigenvalue weighted by molar-refractivity contribution is -0.384. The molecule has 1 aromatic rings. The van der Waals surface area contributed by atoms with Crippen LogP contribution in [0.5, 0.6) is 0 Å². The molecule has 1 heterocycles. The minimum atomic E-state index is -0.533. The van der Waals surface area contributed by atoms with Crippen LogP contribution in [0.15, 0.2) is 18.2 Å². The number of anilines is 1. The van der Waals surface area contributed by atoms with Crippen molar-refractivity contribution >= 4 is 17.3 Å². The van der Waals surface area contributed by atoms with Crippen LogP contribution in [-0.4, -0.2) is 23.5 Å². The molecule has 2 unspecified atom stereocenters. The Balaban J connectivity index is 2.50. The Morgan fingerprint density at radius 3 is 2.80 bits per heavy atom. The predicted octanol–water partition coefficient (Wildman–Crippen LogP) is 1.50. The highest BCUT2D eigenvalue weighted by Crippen LogP contribution is 2.41. The topological polar surface area (TPSA) is 99.3 Å². The van der Waals surface area contributed by atoms with Crippen LogP contribution in [0.2, 0.25) is 0 Å². The highest BCUT2D eigenvalue weighted by molar-refractivity contribution is 5.76. The molecular weight excluding hydrogens is 260 g/mol. The summed E-state index contributed by atoms with van der Waals surface area (Å²) in [6, 6.07) is 6.58. The van der Waals surface area contributed by atoms with Gasteiger partial charge in [0.05, 0.1) is 11.0 Å². The molecule has 1 aliphatic rings. The van der Waals surface area contributed by atoms with Gasteiger partial charge in [-0.3, -0.25) is 14.9 Å². The molecule has 0 radical (unpaired) electrons. The van der Waals surface area contributed by atoms with Crippen LogP contribution in [-0.2, 0) is 4.79 Å². The van der Waals surface area contributed by atoms with Gasteiger partial charge in [0.25, 0.3) is 5.69 Å². The summed E-state index contributed by atoms with van der Waals surface area (Å²) in [6.07, 6.45) is -0.487. The molecule has 1 aromatic carbocycles. The fraction of sp³-hybridized carbons (Fsp3) is 0.385. The molecule has 7 heteroatoms. The van der Waals surface area contributed by atoms with Gasteiger partial charge in [0.2, 0.25) is 5.91 Å². The Labute approximate surface area is 115 Å². The lowest BCUT2D eigenvalue weighted by atomic mass is 10.0. The number of nitro benzene ring substituents is 1. The lowest BCUT2D eigenvalue weighted by Crippen LogP contribution is -2.47. The van der Waals surface area contributed by atoms with E-state index in [9.17, 15) is 20.2 Å². The molecule has 104 valence electrons. The first-order valence-electron chi connectivity index (χ1n) is 6.21. The second-order valence-corrected chi connectivity index (χ2v) is 4.54. The Bertz CT molecular complexity index is 608. The maximum absolute atomic E-state index is 11.3. The van der Waals surface area contributed by atoms with Gasteiger partial charge in [-0.15, -0.1) is 0 Å². The summed E-state index contributed by atoms with van der Waals surface area (Å²) >= 11 is 0. The van der Waals surface area contributed by atoms with E-state index in [2.05, 4.69) is 11.4 Å². The van der Waals surface area contributed by atoms with Gasteiger partial charge in [-0.1, -0.05) is 0 Å². The van der Waals surface area contributed by atoms with E-state index < -0.39 is 17.0 Å². The van der Waals surface area contributed by atoms with E-state index in [4.69, 9.17) is 0 Å². The van der Waals surface area contributed by atoms with Crippen molar-refractivity contribution in [3.05, 3.63) is 33.9 Å². The molecule has 0 spiro atoms. The minimum absolute atomic E-state index is 0.0256. The average molecular weight is 274 g/mol. The number of non-ortho nitro benzene ring substituents is 1. The van der Waals surface area contributed by atoms with E-state index in [1.165, 1.54) is 19.1 Å². The largest absolute Gasteiger partial charge is 0.350 e. The van der Waals surface area contributed by atoms with Crippen LogP contribution in [0.25, 0.3) is 0 Å². The fourth-order valence-corrected chi connectivity index (χ4v) is 2.53. The summed E-state index contributed by atoms with van der Waals surface area (Å²) < 4.78 is 0. The van der Waals surface area contributed by atoms with Crippen LogP contribution in [0, 0.1) is 21.4 Å². The normalized spacial score (nSPS) is 20.1. The summed E-state index contributed by atoms with van der Waals surface area (Å²) in [6.45, 7) is 3.79. The molecule has 1 N–H and O–H groups in total. The van der Waals surface area contributed by atoms with Gasteiger partial charge in [0.1, 0.15) is 12.1 Å². The summed E-state index contributed by atoms with van der Waals surface area (Å²) in [5.41, 5.74) is 1.31. The van der Waals surface area contributed by atoms with Crippen molar-refractivity contribution in [3.8, 4) is 6.07 Å². The number of hydrogen-bond acceptors (Lipinski definition) is 5. The third kappa shape index (κ3) is 2.16. The molecule has 7 nitrogen and oxygen atoms in total. The average Bonchev–Trinajstić information content (AvgIpc) is 2.69. The molecule has 0 fully saturated rings. The van der Waals surface area contributed by atoms with Crippen molar-refractivity contribution < 1.29 is 9.72 Å². The third-order valence-electron chi connectivity index (χ3n) is 3.35. The van der Waals surface area contributed by atoms with Gasteiger partial charge in [-0.2, -0.15) is 5.26 Å². The standard InChI is InChI=1S/C13H14N4O3/c1-3-16-12-6-9(17(19)20)4-5-10(12)11(7-14)13(16)15-8(2)18/h4-6,11,13H,3H2,1-2H3,(H,15,18). The smallest absolute Gasteiger partial charge is 0.271 e. The minimum Gasteiger partial charge on any atom is -0.350 e. The van der Waals surface area contributed by atoms with Gasteiger partial charge in [0, 0.05) is 31.3 Å². The fourth-order valence-electron chi connectivity index (χ4n) is 2.53. The second kappa shape index (κ2) is 5.17. The summed E-state index contributed by atoms with van der Waals surface area (Å²) in [7, 11) is 0. The zero-order chi connectivity index (χ0) is 14.9. The van der Waals surface area contributed by atoms with Crippen LogP contribution in [0.3, 0.4) is 0 Å². The SMILES string of the molecule is CCN1c2cc([N+](=O)[O-])ccc2C(C#N)C1NC(C)=O. The van der Waals surface area contributed by atoms with E-state index in [-0.39, 0.29) is 11.6 Å². The quantitative estimate of drug-likeness (QED) is 0.665. The monoisotopic (exact) mass is 274 g/mol. The summed E-state index contributed by atoms with van der Waals surface area (Å²) in [5.74, 6) is -0.773. The van der Waals surface area contributed by atoms with E-state index in [0.29, 0.717) is 17.8 Å². The molecule has 20 heavy (non-hydrogen) atoms. The van der Waals surface area contributed by atoms with Crippen LogP contribution >= 0.6 is 0 Å². The maximum atomic E-state index is 11.3. The highest BCUT2D eigenvalue weighted by atomic mass is 16.6. The number of nitro groups is 1. The number of nitrogens with zero attached hydrogens (tertiary/aromatic N) is 3. The zero-order valence-corrected chi connectivity index (χ0v) is 11.2.